The number of morpholine rings is 1. The lowest BCUT2D eigenvalue weighted by atomic mass is 9.96. The summed E-state index contributed by atoms with van der Waals surface area (Å²) < 4.78 is 32.8. The van der Waals surface area contributed by atoms with Crippen LogP contribution in [-0.2, 0) is 19.6 Å². The second kappa shape index (κ2) is 9.93. The van der Waals surface area contributed by atoms with E-state index in [0.717, 1.165) is 47.4 Å². The number of nitrogens with zero attached hydrogens (tertiary/aromatic N) is 3. The number of amides is 1. The van der Waals surface area contributed by atoms with Gasteiger partial charge in [0.25, 0.3) is 0 Å². The number of aryl methyl sites for hydroxylation is 1. The van der Waals surface area contributed by atoms with E-state index in [-0.39, 0.29) is 16.7 Å². The van der Waals surface area contributed by atoms with Gasteiger partial charge in [-0.15, -0.1) is 0 Å². The molecule has 2 fully saturated rings. The van der Waals surface area contributed by atoms with Gasteiger partial charge >= 0.3 is 0 Å². The summed E-state index contributed by atoms with van der Waals surface area (Å²) in [6.45, 7) is 4.97. The van der Waals surface area contributed by atoms with Gasteiger partial charge in [-0.25, -0.2) is 13.4 Å². The first-order valence-corrected chi connectivity index (χ1v) is 13.5. The van der Waals surface area contributed by atoms with Gasteiger partial charge in [0.2, 0.25) is 15.9 Å². The van der Waals surface area contributed by atoms with Crippen molar-refractivity contribution in [2.45, 2.75) is 24.7 Å². The molecule has 1 amide bonds. The summed E-state index contributed by atoms with van der Waals surface area (Å²) in [6, 6.07) is 16.7. The Hall–Kier alpha value is -3.01. The zero-order valence-corrected chi connectivity index (χ0v) is 20.6. The highest BCUT2D eigenvalue weighted by molar-refractivity contribution is 7.89. The lowest BCUT2D eigenvalue weighted by Crippen LogP contribution is -2.41. The van der Waals surface area contributed by atoms with E-state index in [1.54, 1.807) is 18.2 Å². The van der Waals surface area contributed by atoms with Crippen molar-refractivity contribution in [3.05, 3.63) is 60.2 Å². The molecule has 1 atom stereocenters. The lowest BCUT2D eigenvalue weighted by Gasteiger charge is -2.33. The fourth-order valence-corrected chi connectivity index (χ4v) is 6.16. The molecule has 1 aromatic heterocycles. The SMILES string of the molecule is Cc1ccccc1NC(=O)[C@@H]1CCCN(c2ccc3cc(S(=O)(=O)N4CCOCC4)ccc3n2)C1. The molecule has 0 saturated carbocycles. The van der Waals surface area contributed by atoms with Crippen LogP contribution in [0.25, 0.3) is 10.9 Å². The second-order valence-electron chi connectivity index (χ2n) is 9.13. The Labute approximate surface area is 205 Å². The number of carbonyl (C=O) groups excluding carboxylic acids is 1. The molecular weight excluding hydrogens is 464 g/mol. The standard InChI is InChI=1S/C26H30N4O4S/c1-19-5-2-3-7-23(19)28-26(31)21-6-4-12-29(18-21)25-11-8-20-17-22(9-10-24(20)27-25)35(32,33)30-13-15-34-16-14-30/h2-3,5,7-11,17,21H,4,6,12-16,18H2,1H3,(H,28,31)/t21-/m1/s1. The van der Waals surface area contributed by atoms with E-state index in [9.17, 15) is 13.2 Å². The van der Waals surface area contributed by atoms with Crippen LogP contribution in [0.3, 0.4) is 0 Å². The minimum atomic E-state index is -3.56. The van der Waals surface area contributed by atoms with E-state index >= 15 is 0 Å². The Kier molecular flexibility index (Phi) is 6.73. The topological polar surface area (TPSA) is 91.8 Å². The number of fused-ring (bicyclic) bond motifs is 1. The second-order valence-corrected chi connectivity index (χ2v) is 11.1. The average Bonchev–Trinajstić information content (AvgIpc) is 2.90. The van der Waals surface area contributed by atoms with Crippen LogP contribution in [0.1, 0.15) is 18.4 Å². The van der Waals surface area contributed by atoms with Gasteiger partial charge in [0, 0.05) is 37.3 Å². The van der Waals surface area contributed by atoms with Crippen LogP contribution < -0.4 is 10.2 Å². The van der Waals surface area contributed by atoms with Crippen molar-refractivity contribution in [2.24, 2.45) is 5.92 Å². The molecule has 35 heavy (non-hydrogen) atoms. The number of aromatic nitrogens is 1. The molecule has 0 radical (unpaired) electrons. The molecule has 0 unspecified atom stereocenters. The Bertz CT molecular complexity index is 1340. The maximum absolute atomic E-state index is 13.0. The summed E-state index contributed by atoms with van der Waals surface area (Å²) in [5.74, 6) is 0.708. The van der Waals surface area contributed by atoms with Crippen molar-refractivity contribution in [3.63, 3.8) is 0 Å². The van der Waals surface area contributed by atoms with Crippen LogP contribution in [0.15, 0.2) is 59.5 Å². The molecule has 5 rings (SSSR count). The lowest BCUT2D eigenvalue weighted by molar-refractivity contribution is -0.120. The fourth-order valence-electron chi connectivity index (χ4n) is 4.71. The number of anilines is 2. The molecule has 8 nitrogen and oxygen atoms in total. The predicted octanol–water partition coefficient (Wildman–Crippen LogP) is 3.42. The molecule has 2 aliphatic rings. The molecule has 9 heteroatoms. The fraction of sp³-hybridized carbons (Fsp3) is 0.385. The van der Waals surface area contributed by atoms with Crippen molar-refractivity contribution in [3.8, 4) is 0 Å². The quantitative estimate of drug-likeness (QED) is 0.584. The Balaban J connectivity index is 1.32. The van der Waals surface area contributed by atoms with Gasteiger partial charge in [-0.05, 0) is 61.7 Å². The normalized spacial score (nSPS) is 19.6. The largest absolute Gasteiger partial charge is 0.379 e. The zero-order valence-electron chi connectivity index (χ0n) is 19.8. The van der Waals surface area contributed by atoms with E-state index in [1.807, 2.05) is 43.3 Å². The monoisotopic (exact) mass is 494 g/mol. The third-order valence-electron chi connectivity index (χ3n) is 6.77. The number of ether oxygens (including phenoxy) is 1. The van der Waals surface area contributed by atoms with Crippen LogP contribution in [0.4, 0.5) is 11.5 Å². The number of hydrogen-bond donors (Lipinski definition) is 1. The summed E-state index contributed by atoms with van der Waals surface area (Å²) in [5.41, 5.74) is 2.62. The number of piperidine rings is 1. The number of benzene rings is 2. The number of para-hydroxylation sites is 1. The highest BCUT2D eigenvalue weighted by atomic mass is 32.2. The van der Waals surface area contributed by atoms with Crippen molar-refractivity contribution in [1.82, 2.24) is 9.29 Å². The first-order chi connectivity index (χ1) is 16.9. The van der Waals surface area contributed by atoms with E-state index in [1.165, 1.54) is 4.31 Å². The third-order valence-corrected chi connectivity index (χ3v) is 8.67. The summed E-state index contributed by atoms with van der Waals surface area (Å²) in [4.78, 5) is 20.1. The number of sulfonamides is 1. The van der Waals surface area contributed by atoms with E-state index in [2.05, 4.69) is 10.2 Å². The number of hydrogen-bond acceptors (Lipinski definition) is 6. The minimum absolute atomic E-state index is 0.0303. The summed E-state index contributed by atoms with van der Waals surface area (Å²) in [5, 5.41) is 3.85. The molecule has 3 heterocycles. The third kappa shape index (κ3) is 5.03. The van der Waals surface area contributed by atoms with Gasteiger partial charge in [0.05, 0.1) is 29.5 Å². The first-order valence-electron chi connectivity index (χ1n) is 12.0. The van der Waals surface area contributed by atoms with Gasteiger partial charge in [-0.1, -0.05) is 18.2 Å². The van der Waals surface area contributed by atoms with Gasteiger partial charge < -0.3 is 15.0 Å². The van der Waals surface area contributed by atoms with Gasteiger partial charge in [-0.2, -0.15) is 4.31 Å². The molecule has 0 bridgehead atoms. The summed E-state index contributed by atoms with van der Waals surface area (Å²) >= 11 is 0. The van der Waals surface area contributed by atoms with E-state index in [0.29, 0.717) is 32.8 Å². The summed E-state index contributed by atoms with van der Waals surface area (Å²) in [6.07, 6.45) is 1.74. The van der Waals surface area contributed by atoms with Crippen molar-refractivity contribution in [2.75, 3.05) is 49.6 Å². The van der Waals surface area contributed by atoms with Gasteiger partial charge in [0.15, 0.2) is 0 Å². The Morgan fingerprint density at radius 1 is 1.06 bits per heavy atom. The first kappa shape index (κ1) is 23.7. The van der Waals surface area contributed by atoms with Gasteiger partial charge in [-0.3, -0.25) is 4.79 Å². The van der Waals surface area contributed by atoms with Crippen molar-refractivity contribution >= 4 is 38.3 Å². The molecule has 2 aromatic carbocycles. The van der Waals surface area contributed by atoms with Crippen LogP contribution in [0.2, 0.25) is 0 Å². The van der Waals surface area contributed by atoms with Crippen LogP contribution >= 0.6 is 0 Å². The molecule has 1 N–H and O–H groups in total. The molecule has 0 aliphatic carbocycles. The smallest absolute Gasteiger partial charge is 0.243 e. The minimum Gasteiger partial charge on any atom is -0.379 e. The highest BCUT2D eigenvalue weighted by Gasteiger charge is 2.28. The molecule has 2 aliphatic heterocycles. The van der Waals surface area contributed by atoms with Crippen LogP contribution in [0, 0.1) is 12.8 Å². The molecular formula is C26H30N4O4S. The Morgan fingerprint density at radius 2 is 1.86 bits per heavy atom. The molecule has 0 spiro atoms. The number of pyridine rings is 1. The Morgan fingerprint density at radius 3 is 2.66 bits per heavy atom. The van der Waals surface area contributed by atoms with Crippen LogP contribution in [0.5, 0.6) is 0 Å². The number of nitrogens with one attached hydrogen (secondary N) is 1. The summed E-state index contributed by atoms with van der Waals surface area (Å²) in [7, 11) is -3.56. The van der Waals surface area contributed by atoms with Crippen molar-refractivity contribution in [1.29, 1.82) is 0 Å². The molecule has 184 valence electrons. The predicted molar refractivity (Wildman–Crippen MR) is 136 cm³/mol. The van der Waals surface area contributed by atoms with E-state index < -0.39 is 10.0 Å². The maximum atomic E-state index is 13.0. The van der Waals surface area contributed by atoms with Crippen LogP contribution in [-0.4, -0.2) is 63.0 Å². The van der Waals surface area contributed by atoms with Gasteiger partial charge in [0.1, 0.15) is 5.82 Å². The number of rotatable bonds is 5. The maximum Gasteiger partial charge on any atom is 0.243 e. The molecule has 2 saturated heterocycles. The average molecular weight is 495 g/mol. The molecule has 3 aromatic rings. The van der Waals surface area contributed by atoms with Crippen molar-refractivity contribution < 1.29 is 17.9 Å². The number of carbonyl (C=O) groups is 1. The van der Waals surface area contributed by atoms with E-state index in [4.69, 9.17) is 9.72 Å². The highest BCUT2D eigenvalue weighted by Crippen LogP contribution is 2.27. The zero-order chi connectivity index (χ0) is 24.4.